The maximum absolute atomic E-state index is 9.31. The van der Waals surface area contributed by atoms with Crippen molar-refractivity contribution >= 4 is 0 Å². The fourth-order valence-corrected chi connectivity index (χ4v) is 0.577. The fraction of sp³-hybridized carbons (Fsp3) is 0.429. The van der Waals surface area contributed by atoms with Crippen molar-refractivity contribution in [1.29, 1.82) is 0 Å². The van der Waals surface area contributed by atoms with Crippen LogP contribution in [-0.2, 0) is 5.60 Å². The Hall–Kier alpha value is -0.830. The quantitative estimate of drug-likeness (QED) is 0.630. The molecular weight excluding hydrogens is 130 g/mol. The lowest BCUT2D eigenvalue weighted by Crippen LogP contribution is -2.13. The van der Waals surface area contributed by atoms with Gasteiger partial charge in [0, 0.05) is 13.0 Å². The minimum Gasteiger partial charge on any atom is -0.382 e. The van der Waals surface area contributed by atoms with Gasteiger partial charge in [0.15, 0.2) is 5.76 Å². The van der Waals surface area contributed by atoms with Gasteiger partial charge in [-0.05, 0) is 13.8 Å². The first-order valence-electron chi connectivity index (χ1n) is 2.95. The van der Waals surface area contributed by atoms with Gasteiger partial charge in [-0.15, -0.1) is 0 Å². The lowest BCUT2D eigenvalue weighted by atomic mass is 10.1. The summed E-state index contributed by atoms with van der Waals surface area (Å²) in [5.74, 6) is 0.380. The zero-order valence-corrected chi connectivity index (χ0v) is 5.96. The highest BCUT2D eigenvalue weighted by atomic mass is 16.5. The van der Waals surface area contributed by atoms with Crippen LogP contribution in [0, 0.1) is 6.92 Å². The van der Waals surface area contributed by atoms with Crippen LogP contribution >= 0.6 is 0 Å². The van der Waals surface area contributed by atoms with E-state index in [-0.39, 0.29) is 5.69 Å². The molecular formula is C7H9NO2. The molecule has 0 saturated carbocycles. The normalized spacial score (nSPS) is 12.0. The Bertz CT molecular complexity index is 222. The minimum absolute atomic E-state index is 0.289. The Balaban J connectivity index is 2.96. The third-order valence-electron chi connectivity index (χ3n) is 1.13. The molecule has 54 valence electrons. The lowest BCUT2D eigenvalue weighted by molar-refractivity contribution is 0.0475. The first-order valence-corrected chi connectivity index (χ1v) is 2.95. The van der Waals surface area contributed by atoms with E-state index in [1.165, 1.54) is 6.07 Å². The first kappa shape index (κ1) is 7.28. The standard InChI is InChI=1S/C7H9NO2/c1-5-4-6(10-8-5)7(2,3)9/h1,4,9H,2-3H3. The van der Waals surface area contributed by atoms with Crippen molar-refractivity contribution < 1.29 is 9.63 Å². The summed E-state index contributed by atoms with van der Waals surface area (Å²) < 4.78 is 4.70. The van der Waals surface area contributed by atoms with Crippen molar-refractivity contribution in [1.82, 2.24) is 5.16 Å². The third kappa shape index (κ3) is 1.36. The first-order chi connectivity index (χ1) is 4.50. The van der Waals surface area contributed by atoms with Gasteiger partial charge < -0.3 is 9.63 Å². The zero-order chi connectivity index (χ0) is 7.78. The molecule has 1 rings (SSSR count). The summed E-state index contributed by atoms with van der Waals surface area (Å²) in [5.41, 5.74) is -0.706. The predicted octanol–water partition coefficient (Wildman–Crippen LogP) is 0.961. The molecule has 1 aromatic rings. The van der Waals surface area contributed by atoms with Crippen LogP contribution < -0.4 is 0 Å². The topological polar surface area (TPSA) is 46.3 Å². The van der Waals surface area contributed by atoms with Crippen LogP contribution in [0.15, 0.2) is 10.6 Å². The SMILES string of the molecule is [CH]c1cc(C(C)(C)O)on1. The minimum atomic E-state index is -0.995. The summed E-state index contributed by atoms with van der Waals surface area (Å²) in [7, 11) is 0. The van der Waals surface area contributed by atoms with Crippen molar-refractivity contribution in [3.63, 3.8) is 0 Å². The van der Waals surface area contributed by atoms with E-state index in [2.05, 4.69) is 5.16 Å². The molecule has 0 amide bonds. The van der Waals surface area contributed by atoms with E-state index in [1.807, 2.05) is 0 Å². The lowest BCUT2D eigenvalue weighted by Gasteiger charge is -2.10. The van der Waals surface area contributed by atoms with E-state index in [0.717, 1.165) is 0 Å². The number of rotatable bonds is 1. The highest BCUT2D eigenvalue weighted by molar-refractivity contribution is 5.12. The Labute approximate surface area is 59.7 Å². The number of aliphatic hydroxyl groups is 1. The van der Waals surface area contributed by atoms with Crippen LogP contribution in [0.25, 0.3) is 0 Å². The summed E-state index contributed by atoms with van der Waals surface area (Å²) in [6.45, 7) is 8.47. The third-order valence-corrected chi connectivity index (χ3v) is 1.13. The van der Waals surface area contributed by atoms with Gasteiger partial charge in [-0.25, -0.2) is 0 Å². The molecule has 0 aliphatic carbocycles. The molecule has 0 spiro atoms. The van der Waals surface area contributed by atoms with E-state index >= 15 is 0 Å². The molecule has 2 radical (unpaired) electrons. The van der Waals surface area contributed by atoms with Crippen LogP contribution in [0.3, 0.4) is 0 Å². The monoisotopic (exact) mass is 139 g/mol. The van der Waals surface area contributed by atoms with Gasteiger partial charge >= 0.3 is 0 Å². The van der Waals surface area contributed by atoms with Crippen molar-refractivity contribution in [3.8, 4) is 0 Å². The molecule has 0 bridgehead atoms. The number of hydrogen-bond donors (Lipinski definition) is 1. The van der Waals surface area contributed by atoms with E-state index in [4.69, 9.17) is 11.4 Å². The van der Waals surface area contributed by atoms with E-state index < -0.39 is 5.60 Å². The molecule has 3 nitrogen and oxygen atoms in total. The summed E-state index contributed by atoms with van der Waals surface area (Å²) in [4.78, 5) is 0. The van der Waals surface area contributed by atoms with Crippen molar-refractivity contribution in [3.05, 3.63) is 24.4 Å². The van der Waals surface area contributed by atoms with Gasteiger partial charge in [-0.2, -0.15) is 0 Å². The molecule has 0 aliphatic heterocycles. The molecule has 0 aromatic carbocycles. The Morgan fingerprint density at radius 2 is 2.30 bits per heavy atom. The van der Waals surface area contributed by atoms with Crippen molar-refractivity contribution in [2.24, 2.45) is 0 Å². The second kappa shape index (κ2) is 2.09. The summed E-state index contributed by atoms with van der Waals surface area (Å²) in [6.07, 6.45) is 0. The largest absolute Gasteiger partial charge is 0.382 e. The van der Waals surface area contributed by atoms with Crippen molar-refractivity contribution in [2.75, 3.05) is 0 Å². The molecule has 0 aliphatic rings. The van der Waals surface area contributed by atoms with Crippen LogP contribution in [0.1, 0.15) is 25.3 Å². The predicted molar refractivity (Wildman–Crippen MR) is 35.1 cm³/mol. The Morgan fingerprint density at radius 3 is 2.50 bits per heavy atom. The Kier molecular flexibility index (Phi) is 1.52. The number of aromatic nitrogens is 1. The van der Waals surface area contributed by atoms with Gasteiger partial charge in [0.2, 0.25) is 0 Å². The summed E-state index contributed by atoms with van der Waals surface area (Å²) in [6, 6.07) is 1.50. The van der Waals surface area contributed by atoms with Gasteiger partial charge in [0.05, 0.1) is 5.69 Å². The highest BCUT2D eigenvalue weighted by Gasteiger charge is 2.20. The van der Waals surface area contributed by atoms with Gasteiger partial charge in [-0.3, -0.25) is 0 Å². The zero-order valence-electron chi connectivity index (χ0n) is 5.96. The molecule has 1 aromatic heterocycles. The fourth-order valence-electron chi connectivity index (χ4n) is 0.577. The molecule has 1 N–H and O–H groups in total. The highest BCUT2D eigenvalue weighted by Crippen LogP contribution is 2.19. The van der Waals surface area contributed by atoms with E-state index in [9.17, 15) is 5.11 Å². The van der Waals surface area contributed by atoms with Crippen LogP contribution in [-0.4, -0.2) is 10.3 Å². The second-order valence-corrected chi connectivity index (χ2v) is 2.68. The van der Waals surface area contributed by atoms with Crippen LogP contribution in [0.5, 0.6) is 0 Å². The van der Waals surface area contributed by atoms with Gasteiger partial charge in [-0.1, -0.05) is 5.16 Å². The molecule has 0 unspecified atom stereocenters. The molecule has 0 saturated heterocycles. The Morgan fingerprint density at radius 1 is 1.70 bits per heavy atom. The summed E-state index contributed by atoms with van der Waals surface area (Å²) >= 11 is 0. The van der Waals surface area contributed by atoms with Crippen molar-refractivity contribution in [2.45, 2.75) is 19.4 Å². The average molecular weight is 139 g/mol. The smallest absolute Gasteiger partial charge is 0.167 e. The van der Waals surface area contributed by atoms with Crippen LogP contribution in [0.2, 0.25) is 0 Å². The van der Waals surface area contributed by atoms with E-state index in [0.29, 0.717) is 5.76 Å². The van der Waals surface area contributed by atoms with Crippen LogP contribution in [0.4, 0.5) is 0 Å². The maximum Gasteiger partial charge on any atom is 0.167 e. The molecule has 0 atom stereocenters. The van der Waals surface area contributed by atoms with E-state index in [1.54, 1.807) is 13.8 Å². The second-order valence-electron chi connectivity index (χ2n) is 2.68. The molecule has 10 heavy (non-hydrogen) atoms. The summed E-state index contributed by atoms with van der Waals surface area (Å²) in [5, 5.41) is 12.7. The number of nitrogens with zero attached hydrogens (tertiary/aromatic N) is 1. The molecule has 3 heteroatoms. The number of hydrogen-bond acceptors (Lipinski definition) is 3. The maximum atomic E-state index is 9.31. The average Bonchev–Trinajstić information content (AvgIpc) is 2.11. The molecule has 0 fully saturated rings. The van der Waals surface area contributed by atoms with Gasteiger partial charge in [0.1, 0.15) is 5.60 Å². The molecule has 1 heterocycles. The van der Waals surface area contributed by atoms with Gasteiger partial charge in [0.25, 0.3) is 0 Å².